The molecule has 0 aliphatic carbocycles. The van der Waals surface area contributed by atoms with Gasteiger partial charge in [0.25, 0.3) is 0 Å². The number of nitrogens with zero attached hydrogens (tertiary/aromatic N) is 4. The summed E-state index contributed by atoms with van der Waals surface area (Å²) in [5.74, 6) is 0. The molecule has 0 unspecified atom stereocenters. The van der Waals surface area contributed by atoms with Crippen LogP contribution in [-0.4, -0.2) is 45.1 Å². The summed E-state index contributed by atoms with van der Waals surface area (Å²) >= 11 is 11.3. The van der Waals surface area contributed by atoms with Crippen LogP contribution in [0.3, 0.4) is 0 Å². The maximum absolute atomic E-state index is 5.64. The largest absolute Gasteiger partial charge is 0.297 e. The fraction of sp³-hybridized carbons (Fsp3) is 0.231. The van der Waals surface area contributed by atoms with Gasteiger partial charge in [-0.05, 0) is 51.0 Å². The molecule has 0 bridgehead atoms. The summed E-state index contributed by atoms with van der Waals surface area (Å²) in [7, 11) is 0. The fourth-order valence-electron chi connectivity index (χ4n) is 3.66. The van der Waals surface area contributed by atoms with E-state index in [2.05, 4.69) is 20.2 Å². The van der Waals surface area contributed by atoms with Crippen LogP contribution in [0.15, 0.2) is 70.6 Å². The van der Waals surface area contributed by atoms with Gasteiger partial charge in [0, 0.05) is 48.0 Å². The summed E-state index contributed by atoms with van der Waals surface area (Å²) in [6.07, 6.45) is 5.68. The minimum atomic E-state index is 0.740. The van der Waals surface area contributed by atoms with Crippen LogP contribution in [0.4, 0.5) is 0 Å². The van der Waals surface area contributed by atoms with Gasteiger partial charge in [-0.25, -0.2) is 9.36 Å². The molecule has 0 aliphatic rings. The van der Waals surface area contributed by atoms with E-state index in [-0.39, 0.29) is 0 Å². The maximum Gasteiger partial charge on any atom is 0.136 e. The molecule has 2 aromatic carbocycles. The highest BCUT2D eigenvalue weighted by Gasteiger charge is 2.08. The van der Waals surface area contributed by atoms with Crippen molar-refractivity contribution in [2.45, 2.75) is 26.7 Å². The summed E-state index contributed by atoms with van der Waals surface area (Å²) < 4.78 is 5.31. The van der Waals surface area contributed by atoms with Gasteiger partial charge in [-0.3, -0.25) is 20.2 Å². The Hall–Kier alpha value is -3.36. The number of rotatable bonds is 9. The fourth-order valence-corrected chi connectivity index (χ4v) is 4.37. The van der Waals surface area contributed by atoms with Gasteiger partial charge in [-0.15, -0.1) is 0 Å². The SMILES string of the molecule is Cc1[nH]n(-c2ccccc2)c(=S)c1C=NCCCCN=Cc1c(C)[nH]n(-c2ccccc2)c1=S. The Labute approximate surface area is 209 Å². The second-order valence-corrected chi connectivity index (χ2v) is 8.80. The number of hydrogen-bond donors (Lipinski definition) is 2. The third kappa shape index (κ3) is 5.40. The van der Waals surface area contributed by atoms with E-state index < -0.39 is 0 Å². The zero-order valence-electron chi connectivity index (χ0n) is 19.4. The number of aromatic amines is 2. The van der Waals surface area contributed by atoms with E-state index in [9.17, 15) is 0 Å². The highest BCUT2D eigenvalue weighted by molar-refractivity contribution is 7.71. The van der Waals surface area contributed by atoms with Crippen LogP contribution in [0.25, 0.3) is 11.4 Å². The first-order chi connectivity index (χ1) is 16.6. The van der Waals surface area contributed by atoms with Crippen molar-refractivity contribution in [2.24, 2.45) is 9.98 Å². The quantitative estimate of drug-likeness (QED) is 0.164. The number of aromatic nitrogens is 4. The van der Waals surface area contributed by atoms with Crippen molar-refractivity contribution in [2.75, 3.05) is 13.1 Å². The normalized spacial score (nSPS) is 11.7. The van der Waals surface area contributed by atoms with Crippen molar-refractivity contribution < 1.29 is 0 Å². The van der Waals surface area contributed by atoms with Gasteiger partial charge >= 0.3 is 0 Å². The average Bonchev–Trinajstić information content (AvgIpc) is 3.31. The monoisotopic (exact) mass is 488 g/mol. The molecule has 0 aliphatic heterocycles. The molecule has 2 aromatic heterocycles. The summed E-state index contributed by atoms with van der Waals surface area (Å²) in [6.45, 7) is 5.51. The molecule has 0 saturated carbocycles. The van der Waals surface area contributed by atoms with Crippen LogP contribution >= 0.6 is 24.4 Å². The minimum absolute atomic E-state index is 0.740. The third-order valence-corrected chi connectivity index (χ3v) is 6.33. The van der Waals surface area contributed by atoms with Crippen molar-refractivity contribution in [3.63, 3.8) is 0 Å². The van der Waals surface area contributed by atoms with E-state index in [1.54, 1.807) is 0 Å². The van der Waals surface area contributed by atoms with Crippen LogP contribution in [0.2, 0.25) is 0 Å². The number of H-pyrrole nitrogens is 2. The average molecular weight is 489 g/mol. The Morgan fingerprint density at radius 2 is 1.06 bits per heavy atom. The van der Waals surface area contributed by atoms with Crippen LogP contribution in [-0.2, 0) is 0 Å². The summed E-state index contributed by atoms with van der Waals surface area (Å²) in [5, 5.41) is 6.65. The predicted octanol–water partition coefficient (Wildman–Crippen LogP) is 6.32. The van der Waals surface area contributed by atoms with Crippen LogP contribution in [0.1, 0.15) is 35.4 Å². The van der Waals surface area contributed by atoms with Gasteiger partial charge in [-0.1, -0.05) is 60.8 Å². The van der Waals surface area contributed by atoms with Crippen molar-refractivity contribution in [3.8, 4) is 11.4 Å². The topological polar surface area (TPSA) is 66.2 Å². The maximum atomic E-state index is 5.64. The Bertz CT molecular complexity index is 1300. The lowest BCUT2D eigenvalue weighted by molar-refractivity contribution is 0.760. The van der Waals surface area contributed by atoms with Gasteiger partial charge in [0.1, 0.15) is 9.28 Å². The lowest BCUT2D eigenvalue weighted by Gasteiger charge is -2.01. The van der Waals surface area contributed by atoms with Crippen molar-refractivity contribution in [3.05, 3.63) is 92.5 Å². The van der Waals surface area contributed by atoms with Crippen molar-refractivity contribution >= 4 is 36.9 Å². The lowest BCUT2D eigenvalue weighted by atomic mass is 10.2. The Morgan fingerprint density at radius 3 is 1.44 bits per heavy atom. The first-order valence-electron chi connectivity index (χ1n) is 11.3. The minimum Gasteiger partial charge on any atom is -0.297 e. The highest BCUT2D eigenvalue weighted by Crippen LogP contribution is 2.14. The Balaban J connectivity index is 1.29. The molecular formula is C26H28N6S2. The number of benzene rings is 2. The van der Waals surface area contributed by atoms with Crippen molar-refractivity contribution in [1.82, 2.24) is 19.6 Å². The number of para-hydroxylation sites is 2. The zero-order chi connectivity index (χ0) is 23.9. The second kappa shape index (κ2) is 11.2. The van der Waals surface area contributed by atoms with Crippen LogP contribution < -0.4 is 0 Å². The molecule has 2 heterocycles. The molecular weight excluding hydrogens is 460 g/mol. The smallest absolute Gasteiger partial charge is 0.136 e. The Morgan fingerprint density at radius 1 is 0.676 bits per heavy atom. The van der Waals surface area contributed by atoms with Crippen LogP contribution in [0, 0.1) is 23.1 Å². The van der Waals surface area contributed by atoms with E-state index in [1.807, 2.05) is 96.3 Å². The number of nitrogens with one attached hydrogen (secondary N) is 2. The number of aryl methyl sites for hydroxylation is 2. The first-order valence-corrected chi connectivity index (χ1v) is 12.1. The molecule has 2 N–H and O–H groups in total. The summed E-state index contributed by atoms with van der Waals surface area (Å²) in [5.41, 5.74) is 5.98. The molecule has 0 spiro atoms. The molecule has 8 heteroatoms. The molecule has 6 nitrogen and oxygen atoms in total. The van der Waals surface area contributed by atoms with E-state index in [0.717, 1.165) is 69.1 Å². The van der Waals surface area contributed by atoms with Gasteiger partial charge in [0.2, 0.25) is 0 Å². The second-order valence-electron chi connectivity index (χ2n) is 8.03. The predicted molar refractivity (Wildman–Crippen MR) is 146 cm³/mol. The van der Waals surface area contributed by atoms with Crippen molar-refractivity contribution in [1.29, 1.82) is 0 Å². The standard InChI is InChI=1S/C26H28N6S2/c1-19-23(25(33)31(29-19)21-11-5-3-6-12-21)17-27-15-9-10-16-28-18-24-20(2)30-32(26(24)34)22-13-7-4-8-14-22/h3-8,11-14,17-18,29-30H,9-10,15-16H2,1-2H3. The zero-order valence-corrected chi connectivity index (χ0v) is 21.0. The Kier molecular flexibility index (Phi) is 7.82. The third-order valence-electron chi connectivity index (χ3n) is 5.53. The van der Waals surface area contributed by atoms with Gasteiger partial charge in [-0.2, -0.15) is 0 Å². The lowest BCUT2D eigenvalue weighted by Crippen LogP contribution is -1.95. The first kappa shape index (κ1) is 23.8. The molecule has 4 rings (SSSR count). The van der Waals surface area contributed by atoms with Gasteiger partial charge < -0.3 is 0 Å². The number of aliphatic imine (C=N–C) groups is 2. The number of unbranched alkanes of at least 4 members (excludes halogenated alkanes) is 1. The summed E-state index contributed by atoms with van der Waals surface area (Å²) in [4.78, 5) is 9.18. The molecule has 0 saturated heterocycles. The van der Waals surface area contributed by atoms with Gasteiger partial charge in [0.15, 0.2) is 0 Å². The van der Waals surface area contributed by atoms with Gasteiger partial charge in [0.05, 0.1) is 11.4 Å². The summed E-state index contributed by atoms with van der Waals surface area (Å²) in [6, 6.07) is 20.1. The highest BCUT2D eigenvalue weighted by atomic mass is 32.1. The molecule has 0 radical (unpaired) electrons. The van der Waals surface area contributed by atoms with Crippen LogP contribution in [0.5, 0.6) is 0 Å². The molecule has 174 valence electrons. The number of hydrogen-bond acceptors (Lipinski definition) is 4. The van der Waals surface area contributed by atoms with E-state index >= 15 is 0 Å². The van der Waals surface area contributed by atoms with E-state index in [0.29, 0.717) is 0 Å². The molecule has 0 atom stereocenters. The van der Waals surface area contributed by atoms with E-state index in [1.165, 1.54) is 0 Å². The molecule has 0 amide bonds. The van der Waals surface area contributed by atoms with E-state index in [4.69, 9.17) is 24.4 Å². The molecule has 0 fully saturated rings. The molecule has 34 heavy (non-hydrogen) atoms. The molecule has 4 aromatic rings.